The van der Waals surface area contributed by atoms with Crippen LogP contribution in [0, 0.1) is 0 Å². The van der Waals surface area contributed by atoms with Gasteiger partial charge in [0, 0.05) is 25.2 Å². The Kier molecular flexibility index (Phi) is 5.79. The van der Waals surface area contributed by atoms with Crippen LogP contribution in [-0.2, 0) is 21.2 Å². The van der Waals surface area contributed by atoms with Gasteiger partial charge in [0.25, 0.3) is 10.0 Å². The van der Waals surface area contributed by atoms with Gasteiger partial charge in [0.15, 0.2) is 11.5 Å². The van der Waals surface area contributed by atoms with E-state index >= 15 is 0 Å². The highest BCUT2D eigenvalue weighted by Crippen LogP contribution is 2.33. The lowest BCUT2D eigenvalue weighted by molar-refractivity contribution is -0.116. The van der Waals surface area contributed by atoms with Crippen molar-refractivity contribution in [3.8, 4) is 11.5 Å². The van der Waals surface area contributed by atoms with Gasteiger partial charge in [-0.1, -0.05) is 0 Å². The van der Waals surface area contributed by atoms with Crippen LogP contribution in [0.25, 0.3) is 0 Å². The molecular weight excluding hydrogens is 380 g/mol. The zero-order chi connectivity index (χ0) is 20.3. The first-order valence-corrected chi connectivity index (χ1v) is 10.6. The molecule has 0 atom stereocenters. The van der Waals surface area contributed by atoms with Gasteiger partial charge in [0.2, 0.25) is 5.91 Å². The SMILES string of the molecule is CCOc1ccc(NS(=O)(=O)c2ccc3c(c2)CCCN3C(C)=O)cc1OC. The summed E-state index contributed by atoms with van der Waals surface area (Å²) in [7, 11) is -2.28. The molecular formula is C20H24N2O5S. The Labute approximate surface area is 165 Å². The van der Waals surface area contributed by atoms with E-state index < -0.39 is 10.0 Å². The predicted octanol–water partition coefficient (Wildman–Crippen LogP) is 3.19. The fourth-order valence-electron chi connectivity index (χ4n) is 3.29. The van der Waals surface area contributed by atoms with Gasteiger partial charge in [-0.15, -0.1) is 0 Å². The number of nitrogens with zero attached hydrogens (tertiary/aromatic N) is 1. The summed E-state index contributed by atoms with van der Waals surface area (Å²) >= 11 is 0. The number of nitrogens with one attached hydrogen (secondary N) is 1. The largest absolute Gasteiger partial charge is 0.493 e. The first-order chi connectivity index (χ1) is 13.4. The highest BCUT2D eigenvalue weighted by atomic mass is 32.2. The van der Waals surface area contributed by atoms with Crippen LogP contribution in [0.1, 0.15) is 25.8 Å². The molecule has 1 heterocycles. The molecule has 1 N–H and O–H groups in total. The molecule has 0 aromatic heterocycles. The van der Waals surface area contributed by atoms with Crippen molar-refractivity contribution in [2.75, 3.05) is 29.9 Å². The minimum Gasteiger partial charge on any atom is -0.493 e. The lowest BCUT2D eigenvalue weighted by Crippen LogP contribution is -2.33. The van der Waals surface area contributed by atoms with Gasteiger partial charge >= 0.3 is 0 Å². The number of fused-ring (bicyclic) bond motifs is 1. The summed E-state index contributed by atoms with van der Waals surface area (Å²) in [5.41, 5.74) is 2.01. The molecule has 0 spiro atoms. The molecule has 1 aliphatic heterocycles. The highest BCUT2D eigenvalue weighted by Gasteiger charge is 2.23. The molecule has 2 aromatic carbocycles. The maximum absolute atomic E-state index is 12.8. The second-order valence-electron chi connectivity index (χ2n) is 6.47. The van der Waals surface area contributed by atoms with Gasteiger partial charge in [-0.2, -0.15) is 0 Å². The number of anilines is 2. The van der Waals surface area contributed by atoms with Crippen molar-refractivity contribution in [2.45, 2.75) is 31.6 Å². The molecule has 0 aliphatic carbocycles. The van der Waals surface area contributed by atoms with Crippen LogP contribution in [-0.4, -0.2) is 34.6 Å². The van der Waals surface area contributed by atoms with Crippen LogP contribution in [0.2, 0.25) is 0 Å². The summed E-state index contributed by atoms with van der Waals surface area (Å²) in [5.74, 6) is 0.951. The number of ether oxygens (including phenoxy) is 2. The fraction of sp³-hybridized carbons (Fsp3) is 0.350. The number of carbonyl (C=O) groups is 1. The lowest BCUT2D eigenvalue weighted by Gasteiger charge is -2.28. The molecule has 0 unspecified atom stereocenters. The van der Waals surface area contributed by atoms with Crippen molar-refractivity contribution in [3.05, 3.63) is 42.0 Å². The van der Waals surface area contributed by atoms with Gasteiger partial charge in [-0.25, -0.2) is 8.42 Å². The van der Waals surface area contributed by atoms with E-state index in [0.29, 0.717) is 30.3 Å². The Morgan fingerprint density at radius 3 is 2.64 bits per heavy atom. The summed E-state index contributed by atoms with van der Waals surface area (Å²) in [5, 5.41) is 0. The summed E-state index contributed by atoms with van der Waals surface area (Å²) in [6.45, 7) is 4.51. The molecule has 28 heavy (non-hydrogen) atoms. The lowest BCUT2D eigenvalue weighted by atomic mass is 10.0. The Morgan fingerprint density at radius 2 is 1.96 bits per heavy atom. The minimum absolute atomic E-state index is 0.0452. The van der Waals surface area contributed by atoms with Crippen molar-refractivity contribution in [1.82, 2.24) is 0 Å². The average molecular weight is 404 g/mol. The van der Waals surface area contributed by atoms with Crippen LogP contribution >= 0.6 is 0 Å². The van der Waals surface area contributed by atoms with E-state index in [9.17, 15) is 13.2 Å². The maximum Gasteiger partial charge on any atom is 0.261 e. The predicted molar refractivity (Wildman–Crippen MR) is 108 cm³/mol. The number of sulfonamides is 1. The topological polar surface area (TPSA) is 84.9 Å². The molecule has 8 heteroatoms. The summed E-state index contributed by atoms with van der Waals surface area (Å²) in [6.07, 6.45) is 1.54. The third kappa shape index (κ3) is 4.06. The standard InChI is InChI=1S/C20H24N2O5S/c1-4-27-19-10-7-16(13-20(19)26-3)21-28(24,25)17-8-9-18-15(12-17)6-5-11-22(18)14(2)23/h7-10,12-13,21H,4-6,11H2,1-3H3. The van der Waals surface area contributed by atoms with E-state index in [1.165, 1.54) is 20.1 Å². The molecule has 0 saturated carbocycles. The van der Waals surface area contributed by atoms with Crippen LogP contribution < -0.4 is 19.1 Å². The highest BCUT2D eigenvalue weighted by molar-refractivity contribution is 7.92. The summed E-state index contributed by atoms with van der Waals surface area (Å²) in [6, 6.07) is 9.73. The molecule has 0 saturated heterocycles. The van der Waals surface area contributed by atoms with Crippen LogP contribution in [0.4, 0.5) is 11.4 Å². The molecule has 150 valence electrons. The van der Waals surface area contributed by atoms with E-state index in [4.69, 9.17) is 9.47 Å². The Bertz CT molecular complexity index is 988. The second-order valence-corrected chi connectivity index (χ2v) is 8.15. The Balaban J connectivity index is 1.88. The van der Waals surface area contributed by atoms with Crippen LogP contribution in [0.3, 0.4) is 0 Å². The third-order valence-electron chi connectivity index (χ3n) is 4.58. The van der Waals surface area contributed by atoms with Crippen LogP contribution in [0.15, 0.2) is 41.3 Å². The normalized spacial score (nSPS) is 13.6. The third-order valence-corrected chi connectivity index (χ3v) is 5.95. The molecule has 3 rings (SSSR count). The number of amides is 1. The maximum atomic E-state index is 12.8. The molecule has 0 fully saturated rings. The quantitative estimate of drug-likeness (QED) is 0.799. The van der Waals surface area contributed by atoms with Crippen molar-refractivity contribution in [1.29, 1.82) is 0 Å². The van der Waals surface area contributed by atoms with Crippen molar-refractivity contribution in [2.24, 2.45) is 0 Å². The molecule has 1 amide bonds. The Hall–Kier alpha value is -2.74. The number of hydrogen-bond donors (Lipinski definition) is 1. The van der Waals surface area contributed by atoms with E-state index in [2.05, 4.69) is 4.72 Å². The second kappa shape index (κ2) is 8.10. The molecule has 2 aromatic rings. The fourth-order valence-corrected chi connectivity index (χ4v) is 4.39. The number of hydrogen-bond acceptors (Lipinski definition) is 5. The summed E-state index contributed by atoms with van der Waals surface area (Å²) < 4.78 is 39.0. The first kappa shape index (κ1) is 20.0. The monoisotopic (exact) mass is 404 g/mol. The number of carbonyl (C=O) groups excluding carboxylic acids is 1. The molecule has 7 nitrogen and oxygen atoms in total. The van der Waals surface area contributed by atoms with E-state index in [0.717, 1.165) is 24.1 Å². The summed E-state index contributed by atoms with van der Waals surface area (Å²) in [4.78, 5) is 13.6. The molecule has 0 radical (unpaired) electrons. The zero-order valence-corrected chi connectivity index (χ0v) is 17.0. The zero-order valence-electron chi connectivity index (χ0n) is 16.2. The van der Waals surface area contributed by atoms with Gasteiger partial charge in [-0.3, -0.25) is 9.52 Å². The number of aryl methyl sites for hydroxylation is 1. The van der Waals surface area contributed by atoms with Gasteiger partial charge < -0.3 is 14.4 Å². The van der Waals surface area contributed by atoms with Gasteiger partial charge in [0.1, 0.15) is 0 Å². The number of methoxy groups -OCH3 is 1. The van der Waals surface area contributed by atoms with E-state index in [1.807, 2.05) is 6.92 Å². The minimum atomic E-state index is -3.78. The van der Waals surface area contributed by atoms with E-state index in [1.54, 1.807) is 35.2 Å². The van der Waals surface area contributed by atoms with Gasteiger partial charge in [-0.05, 0) is 55.7 Å². The molecule has 1 aliphatic rings. The van der Waals surface area contributed by atoms with Crippen molar-refractivity contribution >= 4 is 27.3 Å². The van der Waals surface area contributed by atoms with Gasteiger partial charge in [0.05, 0.1) is 24.3 Å². The first-order valence-electron chi connectivity index (χ1n) is 9.10. The Morgan fingerprint density at radius 1 is 1.18 bits per heavy atom. The number of rotatable bonds is 6. The molecule has 0 bridgehead atoms. The average Bonchev–Trinajstić information content (AvgIpc) is 2.68. The van der Waals surface area contributed by atoms with Crippen molar-refractivity contribution < 1.29 is 22.7 Å². The van der Waals surface area contributed by atoms with E-state index in [-0.39, 0.29) is 10.8 Å². The van der Waals surface area contributed by atoms with Crippen LogP contribution in [0.5, 0.6) is 11.5 Å². The smallest absolute Gasteiger partial charge is 0.261 e. The van der Waals surface area contributed by atoms with Crippen molar-refractivity contribution in [3.63, 3.8) is 0 Å². The number of benzene rings is 2.